The van der Waals surface area contributed by atoms with E-state index in [1.54, 1.807) is 19.1 Å². The van der Waals surface area contributed by atoms with Crippen molar-refractivity contribution < 1.29 is 13.6 Å². The molecule has 1 N–H and O–H groups in total. The second kappa shape index (κ2) is 4.78. The Morgan fingerprint density at radius 2 is 2.35 bits per heavy atom. The number of rotatable bonds is 3. The van der Waals surface area contributed by atoms with Crippen LogP contribution in [0.2, 0.25) is 0 Å². The summed E-state index contributed by atoms with van der Waals surface area (Å²) in [6.07, 6.45) is 4.05. The molecule has 4 nitrogen and oxygen atoms in total. The molecule has 2 aromatic rings. The van der Waals surface area contributed by atoms with Crippen LogP contribution in [0.1, 0.15) is 29.1 Å². The van der Waals surface area contributed by atoms with Crippen LogP contribution in [0.4, 0.5) is 4.39 Å². The predicted octanol–water partition coefficient (Wildman–Crippen LogP) is 2.30. The summed E-state index contributed by atoms with van der Waals surface area (Å²) < 4.78 is 17.9. The highest BCUT2D eigenvalue weighted by molar-refractivity contribution is 5.91. The summed E-state index contributed by atoms with van der Waals surface area (Å²) in [4.78, 5) is 15.4. The van der Waals surface area contributed by atoms with E-state index in [0.717, 1.165) is 6.20 Å². The molecule has 0 radical (unpaired) electrons. The number of pyridine rings is 1. The molecule has 5 heteroatoms. The predicted molar refractivity (Wildman–Crippen MR) is 58.8 cm³/mol. The van der Waals surface area contributed by atoms with E-state index in [2.05, 4.69) is 10.3 Å². The SMILES string of the molecule is CC(NC(=O)c1ccco1)c1cncc(F)c1. The standard InChI is InChI=1S/C12H11FN2O2/c1-8(9-5-10(13)7-14-6-9)15-12(16)11-3-2-4-17-11/h2-8H,1H3,(H,15,16). The first-order valence-electron chi connectivity index (χ1n) is 5.11. The van der Waals surface area contributed by atoms with Crippen LogP contribution in [0.3, 0.4) is 0 Å². The van der Waals surface area contributed by atoms with Gasteiger partial charge in [-0.3, -0.25) is 9.78 Å². The second-order valence-corrected chi connectivity index (χ2v) is 3.61. The van der Waals surface area contributed by atoms with Gasteiger partial charge in [-0.05, 0) is 30.7 Å². The molecule has 2 heterocycles. The summed E-state index contributed by atoms with van der Waals surface area (Å²) in [6.45, 7) is 1.75. The molecule has 0 aliphatic carbocycles. The molecule has 1 amide bonds. The molecule has 2 rings (SSSR count). The van der Waals surface area contributed by atoms with Gasteiger partial charge >= 0.3 is 0 Å². The number of carbonyl (C=O) groups is 1. The number of halogens is 1. The zero-order chi connectivity index (χ0) is 12.3. The van der Waals surface area contributed by atoms with Crippen LogP contribution in [0.5, 0.6) is 0 Å². The fourth-order valence-corrected chi connectivity index (χ4v) is 1.42. The van der Waals surface area contributed by atoms with Crippen LogP contribution in [-0.4, -0.2) is 10.9 Å². The first kappa shape index (κ1) is 11.3. The first-order chi connectivity index (χ1) is 8.16. The van der Waals surface area contributed by atoms with Gasteiger partial charge in [0.05, 0.1) is 18.5 Å². The zero-order valence-electron chi connectivity index (χ0n) is 9.18. The van der Waals surface area contributed by atoms with Crippen molar-refractivity contribution in [3.8, 4) is 0 Å². The lowest BCUT2D eigenvalue weighted by Gasteiger charge is -2.12. The topological polar surface area (TPSA) is 55.1 Å². The molecule has 0 saturated carbocycles. The molecule has 0 fully saturated rings. The Labute approximate surface area is 97.5 Å². The minimum atomic E-state index is -0.429. The van der Waals surface area contributed by atoms with Crippen molar-refractivity contribution in [3.05, 3.63) is 54.0 Å². The Kier molecular flexibility index (Phi) is 3.18. The van der Waals surface area contributed by atoms with Gasteiger partial charge in [0.25, 0.3) is 5.91 Å². The van der Waals surface area contributed by atoms with E-state index >= 15 is 0 Å². The van der Waals surface area contributed by atoms with Gasteiger partial charge in [0.15, 0.2) is 5.76 Å². The lowest BCUT2D eigenvalue weighted by Crippen LogP contribution is -2.26. The van der Waals surface area contributed by atoms with Gasteiger partial charge in [0, 0.05) is 6.20 Å². The van der Waals surface area contributed by atoms with Crippen molar-refractivity contribution in [2.45, 2.75) is 13.0 Å². The lowest BCUT2D eigenvalue weighted by molar-refractivity contribution is 0.0911. The van der Waals surface area contributed by atoms with Crippen molar-refractivity contribution in [1.29, 1.82) is 0 Å². The van der Waals surface area contributed by atoms with Gasteiger partial charge in [-0.2, -0.15) is 0 Å². The first-order valence-corrected chi connectivity index (χ1v) is 5.11. The summed E-state index contributed by atoms with van der Waals surface area (Å²) in [5.74, 6) is -0.547. The van der Waals surface area contributed by atoms with Crippen LogP contribution in [0.25, 0.3) is 0 Å². The van der Waals surface area contributed by atoms with Crippen LogP contribution in [-0.2, 0) is 0 Å². The molecule has 0 bridgehead atoms. The fourth-order valence-electron chi connectivity index (χ4n) is 1.42. The van der Waals surface area contributed by atoms with Gasteiger partial charge in [-0.25, -0.2) is 4.39 Å². The fraction of sp³-hybridized carbons (Fsp3) is 0.167. The molecule has 1 unspecified atom stereocenters. The molecule has 0 spiro atoms. The van der Waals surface area contributed by atoms with Crippen molar-refractivity contribution in [3.63, 3.8) is 0 Å². The molecule has 2 aromatic heterocycles. The largest absolute Gasteiger partial charge is 0.459 e. The van der Waals surface area contributed by atoms with E-state index in [9.17, 15) is 9.18 Å². The smallest absolute Gasteiger partial charge is 0.287 e. The average molecular weight is 234 g/mol. The highest BCUT2D eigenvalue weighted by Gasteiger charge is 2.13. The maximum absolute atomic E-state index is 12.9. The quantitative estimate of drug-likeness (QED) is 0.886. The van der Waals surface area contributed by atoms with E-state index in [4.69, 9.17) is 4.42 Å². The molecule has 0 aliphatic heterocycles. The minimum Gasteiger partial charge on any atom is -0.459 e. The number of hydrogen-bond donors (Lipinski definition) is 1. The Balaban J connectivity index is 2.07. The van der Waals surface area contributed by atoms with E-state index in [0.29, 0.717) is 5.56 Å². The molecule has 1 atom stereocenters. The van der Waals surface area contributed by atoms with E-state index in [1.807, 2.05) is 0 Å². The molecular weight excluding hydrogens is 223 g/mol. The summed E-state index contributed by atoms with van der Waals surface area (Å²) in [6, 6.07) is 4.19. The van der Waals surface area contributed by atoms with Gasteiger partial charge in [-0.15, -0.1) is 0 Å². The van der Waals surface area contributed by atoms with E-state index in [1.165, 1.54) is 18.5 Å². The monoisotopic (exact) mass is 234 g/mol. The number of carbonyl (C=O) groups excluding carboxylic acids is 1. The summed E-state index contributed by atoms with van der Waals surface area (Å²) in [7, 11) is 0. The number of furan rings is 1. The van der Waals surface area contributed by atoms with Gasteiger partial charge in [0.1, 0.15) is 5.82 Å². The molecule has 0 aliphatic rings. The minimum absolute atomic E-state index is 0.223. The normalized spacial score (nSPS) is 12.1. The van der Waals surface area contributed by atoms with Gasteiger partial charge in [-0.1, -0.05) is 0 Å². The summed E-state index contributed by atoms with van der Waals surface area (Å²) >= 11 is 0. The lowest BCUT2D eigenvalue weighted by atomic mass is 10.1. The third kappa shape index (κ3) is 2.69. The highest BCUT2D eigenvalue weighted by atomic mass is 19.1. The number of nitrogens with one attached hydrogen (secondary N) is 1. The van der Waals surface area contributed by atoms with Gasteiger partial charge in [0.2, 0.25) is 0 Å². The summed E-state index contributed by atoms with van der Waals surface area (Å²) in [5, 5.41) is 2.69. The van der Waals surface area contributed by atoms with Crippen LogP contribution in [0, 0.1) is 5.82 Å². The second-order valence-electron chi connectivity index (χ2n) is 3.61. The Hall–Kier alpha value is -2.17. The Morgan fingerprint density at radius 1 is 1.53 bits per heavy atom. The van der Waals surface area contributed by atoms with E-state index in [-0.39, 0.29) is 17.7 Å². The third-order valence-electron chi connectivity index (χ3n) is 2.32. The molecular formula is C12H11FN2O2. The number of aromatic nitrogens is 1. The Bertz CT molecular complexity index is 511. The number of amides is 1. The summed E-state index contributed by atoms with van der Waals surface area (Å²) in [5.41, 5.74) is 0.602. The molecule has 17 heavy (non-hydrogen) atoms. The van der Waals surface area contributed by atoms with Crippen molar-refractivity contribution in [2.75, 3.05) is 0 Å². The highest BCUT2D eigenvalue weighted by Crippen LogP contribution is 2.13. The van der Waals surface area contributed by atoms with Crippen molar-refractivity contribution in [2.24, 2.45) is 0 Å². The van der Waals surface area contributed by atoms with E-state index < -0.39 is 5.82 Å². The van der Waals surface area contributed by atoms with Gasteiger partial charge < -0.3 is 9.73 Å². The number of nitrogens with zero attached hydrogens (tertiary/aromatic N) is 1. The molecule has 88 valence electrons. The van der Waals surface area contributed by atoms with Crippen LogP contribution < -0.4 is 5.32 Å². The Morgan fingerprint density at radius 3 is 3.00 bits per heavy atom. The molecule has 0 saturated heterocycles. The van der Waals surface area contributed by atoms with Crippen molar-refractivity contribution >= 4 is 5.91 Å². The van der Waals surface area contributed by atoms with Crippen LogP contribution >= 0.6 is 0 Å². The number of hydrogen-bond acceptors (Lipinski definition) is 3. The average Bonchev–Trinajstić information content (AvgIpc) is 2.82. The van der Waals surface area contributed by atoms with Crippen LogP contribution in [0.15, 0.2) is 41.3 Å². The maximum atomic E-state index is 12.9. The maximum Gasteiger partial charge on any atom is 0.287 e. The zero-order valence-corrected chi connectivity index (χ0v) is 9.18. The molecule has 0 aromatic carbocycles. The third-order valence-corrected chi connectivity index (χ3v) is 2.32. The van der Waals surface area contributed by atoms with Crippen molar-refractivity contribution in [1.82, 2.24) is 10.3 Å².